The van der Waals surface area contributed by atoms with Crippen molar-refractivity contribution in [3.63, 3.8) is 0 Å². The van der Waals surface area contributed by atoms with Gasteiger partial charge in [0.25, 0.3) is 0 Å². The third kappa shape index (κ3) is 3.80. The van der Waals surface area contributed by atoms with Gasteiger partial charge in [0, 0.05) is 29.4 Å². The van der Waals surface area contributed by atoms with Gasteiger partial charge in [0.15, 0.2) is 0 Å². The van der Waals surface area contributed by atoms with E-state index >= 15 is 0 Å². The van der Waals surface area contributed by atoms with Gasteiger partial charge in [0.05, 0.1) is 10.6 Å². The van der Waals surface area contributed by atoms with Gasteiger partial charge in [-0.2, -0.15) is 0 Å². The molecule has 1 saturated heterocycles. The van der Waals surface area contributed by atoms with Crippen LogP contribution in [0.3, 0.4) is 0 Å². The molecule has 126 valence electrons. The van der Waals surface area contributed by atoms with Crippen LogP contribution in [0.4, 0.5) is 0 Å². The largest absolute Gasteiger partial charge is 0.437 e. The Hall–Kier alpha value is -1.82. The number of pyridine rings is 1. The van der Waals surface area contributed by atoms with E-state index in [0.717, 1.165) is 18.7 Å². The number of hydrogen-bond acceptors (Lipinski definition) is 4. The van der Waals surface area contributed by atoms with E-state index in [2.05, 4.69) is 9.88 Å². The van der Waals surface area contributed by atoms with Crippen molar-refractivity contribution < 1.29 is 9.53 Å². The van der Waals surface area contributed by atoms with Crippen molar-refractivity contribution in [3.8, 4) is 11.6 Å². The summed E-state index contributed by atoms with van der Waals surface area (Å²) in [7, 11) is 0. The molecule has 0 atom stereocenters. The van der Waals surface area contributed by atoms with E-state index in [1.54, 1.807) is 24.3 Å². The second-order valence-electron chi connectivity index (χ2n) is 5.67. The molecule has 1 fully saturated rings. The first-order chi connectivity index (χ1) is 11.5. The molecule has 0 saturated carbocycles. The van der Waals surface area contributed by atoms with E-state index in [4.69, 9.17) is 33.7 Å². The summed E-state index contributed by atoms with van der Waals surface area (Å²) in [5.74, 6) is 0.275. The number of carbonyl (C=O) groups excluding carboxylic acids is 1. The number of aromatic nitrogens is 1. The molecule has 2 heterocycles. The van der Waals surface area contributed by atoms with Crippen LogP contribution in [-0.2, 0) is 6.54 Å². The van der Waals surface area contributed by atoms with Crippen molar-refractivity contribution >= 4 is 29.1 Å². The number of rotatable bonds is 5. The number of halogens is 2. The molecule has 0 bridgehead atoms. The lowest BCUT2D eigenvalue weighted by Gasteiger charge is -2.18. The predicted molar refractivity (Wildman–Crippen MR) is 93.8 cm³/mol. The molecule has 1 aromatic carbocycles. The molecule has 1 aliphatic rings. The molecule has 2 aromatic rings. The minimum absolute atomic E-state index is 0.319. The van der Waals surface area contributed by atoms with Crippen LogP contribution < -0.4 is 10.5 Å². The van der Waals surface area contributed by atoms with Gasteiger partial charge in [0.2, 0.25) is 11.8 Å². The minimum atomic E-state index is -0.536. The summed E-state index contributed by atoms with van der Waals surface area (Å²) in [6.07, 6.45) is 3.76. The van der Waals surface area contributed by atoms with Gasteiger partial charge in [-0.05, 0) is 44.1 Å². The Kier molecular flexibility index (Phi) is 5.23. The normalized spacial score (nSPS) is 14.8. The molecule has 0 aliphatic carbocycles. The number of amides is 1. The maximum Gasteiger partial charge on any atom is 0.250 e. The molecule has 5 nitrogen and oxygen atoms in total. The highest BCUT2D eigenvalue weighted by Gasteiger charge is 2.18. The Morgan fingerprint density at radius 1 is 1.21 bits per heavy atom. The van der Waals surface area contributed by atoms with Gasteiger partial charge in [-0.25, -0.2) is 4.98 Å². The van der Waals surface area contributed by atoms with Crippen LogP contribution in [0.5, 0.6) is 11.6 Å². The van der Waals surface area contributed by atoms with Gasteiger partial charge in [0.1, 0.15) is 5.75 Å². The van der Waals surface area contributed by atoms with Crippen LogP contribution in [0.2, 0.25) is 10.0 Å². The molecule has 1 aliphatic heterocycles. The predicted octanol–water partition coefficient (Wildman–Crippen LogP) is 3.88. The molecule has 0 radical (unpaired) electrons. The molecular weight excluding hydrogens is 349 g/mol. The molecule has 7 heteroatoms. The summed E-state index contributed by atoms with van der Waals surface area (Å²) in [4.78, 5) is 17.5. The van der Waals surface area contributed by atoms with Crippen LogP contribution in [0, 0.1) is 0 Å². The maximum atomic E-state index is 11.1. The molecule has 0 unspecified atom stereocenters. The number of hydrogen-bond donors (Lipinski definition) is 1. The first kappa shape index (κ1) is 17.0. The lowest BCUT2D eigenvalue weighted by atomic mass is 10.2. The van der Waals surface area contributed by atoms with Crippen molar-refractivity contribution in [1.82, 2.24) is 9.88 Å². The van der Waals surface area contributed by atoms with Crippen LogP contribution in [0.25, 0.3) is 0 Å². The summed E-state index contributed by atoms with van der Waals surface area (Å²) < 4.78 is 5.73. The lowest BCUT2D eigenvalue weighted by molar-refractivity contribution is 0.1000. The Morgan fingerprint density at radius 3 is 2.58 bits per heavy atom. The fourth-order valence-corrected chi connectivity index (χ4v) is 3.19. The standard InChI is InChI=1S/C17H17Cl2N3O2/c18-13-4-5-14(16(19)12(13)10-22-7-1-2-8-22)24-15-6-3-11(9-21-15)17(20)23/h3-6,9H,1-2,7-8,10H2,(H2,20,23). The average Bonchev–Trinajstić information content (AvgIpc) is 3.08. The highest BCUT2D eigenvalue weighted by atomic mass is 35.5. The van der Waals surface area contributed by atoms with Crippen LogP contribution >= 0.6 is 23.2 Å². The average molecular weight is 366 g/mol. The molecule has 0 spiro atoms. The van der Waals surface area contributed by atoms with E-state index in [1.807, 2.05) is 0 Å². The Balaban J connectivity index is 1.81. The summed E-state index contributed by atoms with van der Waals surface area (Å²) in [5.41, 5.74) is 6.37. The summed E-state index contributed by atoms with van der Waals surface area (Å²) in [5, 5.41) is 1.10. The van der Waals surface area contributed by atoms with E-state index in [1.165, 1.54) is 19.0 Å². The third-order valence-corrected chi connectivity index (χ3v) is 4.73. The first-order valence-corrected chi connectivity index (χ1v) is 8.43. The monoisotopic (exact) mass is 365 g/mol. The number of nitrogens with two attached hydrogens (primary N) is 1. The van der Waals surface area contributed by atoms with Gasteiger partial charge in [-0.3, -0.25) is 9.69 Å². The summed E-state index contributed by atoms with van der Waals surface area (Å²) >= 11 is 12.8. The molecule has 3 rings (SSSR count). The highest BCUT2D eigenvalue weighted by Crippen LogP contribution is 2.36. The SMILES string of the molecule is NC(=O)c1ccc(Oc2ccc(Cl)c(CN3CCCC3)c2Cl)nc1. The summed E-state index contributed by atoms with van der Waals surface area (Å²) in [6.45, 7) is 2.80. The number of carbonyl (C=O) groups is 1. The molecular formula is C17H17Cl2N3O2. The number of likely N-dealkylation sites (tertiary alicyclic amines) is 1. The highest BCUT2D eigenvalue weighted by molar-refractivity contribution is 6.37. The van der Waals surface area contributed by atoms with Gasteiger partial charge >= 0.3 is 0 Å². The second-order valence-corrected chi connectivity index (χ2v) is 6.46. The third-order valence-electron chi connectivity index (χ3n) is 3.97. The van der Waals surface area contributed by atoms with Crippen molar-refractivity contribution in [1.29, 1.82) is 0 Å². The molecule has 1 amide bonds. The zero-order valence-electron chi connectivity index (χ0n) is 13.0. The van der Waals surface area contributed by atoms with Gasteiger partial charge < -0.3 is 10.5 Å². The van der Waals surface area contributed by atoms with Gasteiger partial charge in [-0.15, -0.1) is 0 Å². The smallest absolute Gasteiger partial charge is 0.250 e. The van der Waals surface area contributed by atoms with Crippen LogP contribution in [0.1, 0.15) is 28.8 Å². The Bertz CT molecular complexity index is 744. The minimum Gasteiger partial charge on any atom is -0.437 e. The van der Waals surface area contributed by atoms with Crippen molar-refractivity contribution in [3.05, 3.63) is 51.6 Å². The van der Waals surface area contributed by atoms with Crippen LogP contribution in [0.15, 0.2) is 30.5 Å². The molecule has 2 N–H and O–H groups in total. The zero-order chi connectivity index (χ0) is 17.1. The zero-order valence-corrected chi connectivity index (χ0v) is 14.5. The van der Waals surface area contributed by atoms with E-state index < -0.39 is 5.91 Å². The lowest BCUT2D eigenvalue weighted by Crippen LogP contribution is -2.18. The quantitative estimate of drug-likeness (QED) is 0.872. The van der Waals surface area contributed by atoms with Crippen LogP contribution in [-0.4, -0.2) is 28.9 Å². The fraction of sp³-hybridized carbons (Fsp3) is 0.294. The van der Waals surface area contributed by atoms with Crippen molar-refractivity contribution in [2.75, 3.05) is 13.1 Å². The number of benzene rings is 1. The number of primary amides is 1. The van der Waals surface area contributed by atoms with E-state index in [9.17, 15) is 4.79 Å². The molecule has 24 heavy (non-hydrogen) atoms. The van der Waals surface area contributed by atoms with Crippen molar-refractivity contribution in [2.24, 2.45) is 5.73 Å². The second kappa shape index (κ2) is 7.38. The fourth-order valence-electron chi connectivity index (χ4n) is 2.66. The van der Waals surface area contributed by atoms with Gasteiger partial charge in [-0.1, -0.05) is 23.2 Å². The number of nitrogens with zero attached hydrogens (tertiary/aromatic N) is 2. The molecule has 1 aromatic heterocycles. The van der Waals surface area contributed by atoms with E-state index in [0.29, 0.717) is 33.8 Å². The van der Waals surface area contributed by atoms with E-state index in [-0.39, 0.29) is 0 Å². The first-order valence-electron chi connectivity index (χ1n) is 7.67. The maximum absolute atomic E-state index is 11.1. The van der Waals surface area contributed by atoms with Crippen molar-refractivity contribution in [2.45, 2.75) is 19.4 Å². The number of ether oxygens (including phenoxy) is 1. The Morgan fingerprint density at radius 2 is 1.96 bits per heavy atom. The topological polar surface area (TPSA) is 68.5 Å². The Labute approximate surface area is 150 Å². The summed E-state index contributed by atoms with van der Waals surface area (Å²) in [6, 6.07) is 6.61.